The summed E-state index contributed by atoms with van der Waals surface area (Å²) in [7, 11) is 0. The fourth-order valence-corrected chi connectivity index (χ4v) is 1.39. The summed E-state index contributed by atoms with van der Waals surface area (Å²) in [5.74, 6) is 0.829. The van der Waals surface area contributed by atoms with Gasteiger partial charge in [0.25, 0.3) is 0 Å². The Kier molecular flexibility index (Phi) is 2.73. The normalized spacial score (nSPS) is 11.7. The third-order valence-electron chi connectivity index (χ3n) is 2.21. The second-order valence-electron chi connectivity index (χ2n) is 5.03. The lowest BCUT2D eigenvalue weighted by atomic mass is 9.97. The van der Waals surface area contributed by atoms with E-state index < -0.39 is 0 Å². The van der Waals surface area contributed by atoms with E-state index in [1.807, 2.05) is 6.07 Å². The molecule has 0 amide bonds. The molecule has 0 aliphatic heterocycles. The largest absolute Gasteiger partial charge is 0.368 e. The Morgan fingerprint density at radius 3 is 2.81 bits per heavy atom. The number of fused-ring (bicyclic) bond motifs is 1. The molecule has 2 aromatic heterocycles. The summed E-state index contributed by atoms with van der Waals surface area (Å²) in [6.07, 6.45) is 5.12. The van der Waals surface area contributed by atoms with E-state index in [1.165, 1.54) is 0 Å². The Morgan fingerprint density at radius 1 is 1.25 bits per heavy atom. The van der Waals surface area contributed by atoms with Crippen LogP contribution in [0.25, 0.3) is 10.9 Å². The maximum Gasteiger partial charge on any atom is 0.152 e. The topological polar surface area (TPSA) is 50.7 Å². The summed E-state index contributed by atoms with van der Waals surface area (Å²) < 4.78 is 0. The molecule has 0 aliphatic rings. The van der Waals surface area contributed by atoms with Crippen molar-refractivity contribution in [2.75, 3.05) is 11.9 Å². The van der Waals surface area contributed by atoms with Gasteiger partial charge in [-0.05, 0) is 11.5 Å². The van der Waals surface area contributed by atoms with Crippen LogP contribution in [0.3, 0.4) is 0 Å². The van der Waals surface area contributed by atoms with Crippen molar-refractivity contribution in [2.45, 2.75) is 20.8 Å². The van der Waals surface area contributed by atoms with Gasteiger partial charge in [0.05, 0.1) is 0 Å². The fourth-order valence-electron chi connectivity index (χ4n) is 1.39. The summed E-state index contributed by atoms with van der Waals surface area (Å²) in [5.41, 5.74) is 1.10. The average molecular weight is 216 g/mol. The minimum atomic E-state index is 0.219. The number of nitrogens with zero attached hydrogens (tertiary/aromatic N) is 3. The lowest BCUT2D eigenvalue weighted by Crippen LogP contribution is -2.19. The van der Waals surface area contributed by atoms with Crippen molar-refractivity contribution < 1.29 is 0 Å². The van der Waals surface area contributed by atoms with Crippen molar-refractivity contribution in [3.8, 4) is 0 Å². The van der Waals surface area contributed by atoms with Gasteiger partial charge in [0.2, 0.25) is 0 Å². The van der Waals surface area contributed by atoms with Crippen molar-refractivity contribution in [2.24, 2.45) is 5.41 Å². The summed E-state index contributed by atoms with van der Waals surface area (Å²) in [6, 6.07) is 1.91. The van der Waals surface area contributed by atoms with Gasteiger partial charge in [-0.1, -0.05) is 20.8 Å². The molecule has 16 heavy (non-hydrogen) atoms. The van der Waals surface area contributed by atoms with Gasteiger partial charge in [-0.25, -0.2) is 15.0 Å². The number of aromatic nitrogens is 3. The second kappa shape index (κ2) is 4.04. The molecule has 4 heteroatoms. The van der Waals surface area contributed by atoms with Gasteiger partial charge in [0.15, 0.2) is 5.82 Å². The molecular weight excluding hydrogens is 200 g/mol. The third kappa shape index (κ3) is 2.45. The van der Waals surface area contributed by atoms with Crippen molar-refractivity contribution in [3.63, 3.8) is 0 Å². The summed E-state index contributed by atoms with van der Waals surface area (Å²) in [6.45, 7) is 7.41. The van der Waals surface area contributed by atoms with Crippen molar-refractivity contribution >= 4 is 16.7 Å². The van der Waals surface area contributed by atoms with Crippen LogP contribution < -0.4 is 5.32 Å². The summed E-state index contributed by atoms with van der Waals surface area (Å²) in [5, 5.41) is 4.33. The quantitative estimate of drug-likeness (QED) is 0.837. The Bertz CT molecular complexity index is 482. The predicted molar refractivity (Wildman–Crippen MR) is 65.3 cm³/mol. The van der Waals surface area contributed by atoms with Gasteiger partial charge in [-0.3, -0.25) is 0 Å². The van der Waals surface area contributed by atoms with E-state index in [2.05, 4.69) is 41.0 Å². The Labute approximate surface area is 95.1 Å². The van der Waals surface area contributed by atoms with Crippen LogP contribution in [0.1, 0.15) is 20.8 Å². The maximum absolute atomic E-state index is 4.31. The second-order valence-corrected chi connectivity index (χ2v) is 5.03. The molecule has 0 saturated heterocycles. The number of nitrogens with one attached hydrogen (secondary N) is 1. The van der Waals surface area contributed by atoms with Crippen molar-refractivity contribution in [1.29, 1.82) is 0 Å². The van der Waals surface area contributed by atoms with E-state index in [-0.39, 0.29) is 5.41 Å². The zero-order valence-electron chi connectivity index (χ0n) is 9.86. The highest BCUT2D eigenvalue weighted by atomic mass is 15.0. The first-order valence-electron chi connectivity index (χ1n) is 5.35. The first kappa shape index (κ1) is 10.8. The van der Waals surface area contributed by atoms with Crippen LogP contribution in [0, 0.1) is 5.41 Å². The number of anilines is 1. The van der Waals surface area contributed by atoms with Gasteiger partial charge in [0, 0.05) is 24.3 Å². The van der Waals surface area contributed by atoms with E-state index in [0.717, 1.165) is 23.3 Å². The highest BCUT2D eigenvalue weighted by Gasteiger charge is 2.11. The van der Waals surface area contributed by atoms with E-state index in [0.29, 0.717) is 0 Å². The molecule has 0 bridgehead atoms. The lowest BCUT2D eigenvalue weighted by Gasteiger charge is -2.19. The molecule has 2 heterocycles. The summed E-state index contributed by atoms with van der Waals surface area (Å²) in [4.78, 5) is 12.6. The monoisotopic (exact) mass is 216 g/mol. The molecule has 0 fully saturated rings. The molecule has 2 aromatic rings. The van der Waals surface area contributed by atoms with Crippen LogP contribution in [-0.4, -0.2) is 21.5 Å². The minimum Gasteiger partial charge on any atom is -0.368 e. The number of hydrogen-bond acceptors (Lipinski definition) is 4. The zero-order valence-corrected chi connectivity index (χ0v) is 9.86. The third-order valence-corrected chi connectivity index (χ3v) is 2.21. The number of rotatable bonds is 2. The van der Waals surface area contributed by atoms with Crippen LogP contribution in [0.15, 0.2) is 24.8 Å². The van der Waals surface area contributed by atoms with Gasteiger partial charge >= 0.3 is 0 Å². The van der Waals surface area contributed by atoms with Crippen molar-refractivity contribution in [1.82, 2.24) is 15.0 Å². The van der Waals surface area contributed by atoms with Gasteiger partial charge in [0.1, 0.15) is 11.8 Å². The first-order valence-corrected chi connectivity index (χ1v) is 5.35. The predicted octanol–water partition coefficient (Wildman–Crippen LogP) is 2.48. The molecule has 0 atom stereocenters. The Hall–Kier alpha value is -1.71. The molecule has 4 nitrogen and oxygen atoms in total. The molecule has 84 valence electrons. The van der Waals surface area contributed by atoms with E-state index >= 15 is 0 Å². The van der Waals surface area contributed by atoms with Crippen LogP contribution in [0.4, 0.5) is 5.82 Å². The Morgan fingerprint density at radius 2 is 2.06 bits per heavy atom. The van der Waals surface area contributed by atoms with Crippen LogP contribution in [0.5, 0.6) is 0 Å². The standard InChI is InChI=1S/C12H16N4/c1-12(2,3)7-15-11-10-9(4-5-14-11)6-13-8-16-10/h4-6,8H,7H2,1-3H3,(H,14,15). The van der Waals surface area contributed by atoms with Crippen LogP contribution >= 0.6 is 0 Å². The van der Waals surface area contributed by atoms with E-state index in [9.17, 15) is 0 Å². The highest BCUT2D eigenvalue weighted by molar-refractivity contribution is 5.86. The Balaban J connectivity index is 2.30. The molecular formula is C12H16N4. The summed E-state index contributed by atoms with van der Waals surface area (Å²) >= 11 is 0. The SMILES string of the molecule is CC(C)(C)CNc1nccc2cncnc12. The van der Waals surface area contributed by atoms with Crippen LogP contribution in [-0.2, 0) is 0 Å². The van der Waals surface area contributed by atoms with Gasteiger partial charge in [-0.15, -0.1) is 0 Å². The van der Waals surface area contributed by atoms with Gasteiger partial charge < -0.3 is 5.32 Å². The minimum absolute atomic E-state index is 0.219. The molecule has 1 N–H and O–H groups in total. The molecule has 0 unspecified atom stereocenters. The number of hydrogen-bond donors (Lipinski definition) is 1. The molecule has 2 rings (SSSR count). The fraction of sp³-hybridized carbons (Fsp3) is 0.417. The molecule has 0 spiro atoms. The molecule has 0 aliphatic carbocycles. The lowest BCUT2D eigenvalue weighted by molar-refractivity contribution is 0.442. The average Bonchev–Trinajstić information content (AvgIpc) is 2.25. The van der Waals surface area contributed by atoms with Crippen LogP contribution in [0.2, 0.25) is 0 Å². The molecule has 0 aromatic carbocycles. The molecule has 0 saturated carbocycles. The van der Waals surface area contributed by atoms with E-state index in [1.54, 1.807) is 18.7 Å². The highest BCUT2D eigenvalue weighted by Crippen LogP contribution is 2.19. The van der Waals surface area contributed by atoms with Gasteiger partial charge in [-0.2, -0.15) is 0 Å². The maximum atomic E-state index is 4.31. The smallest absolute Gasteiger partial charge is 0.152 e. The first-order chi connectivity index (χ1) is 7.56. The van der Waals surface area contributed by atoms with Crippen molar-refractivity contribution in [3.05, 3.63) is 24.8 Å². The number of pyridine rings is 1. The molecule has 0 radical (unpaired) electrons. The van der Waals surface area contributed by atoms with E-state index in [4.69, 9.17) is 0 Å². The zero-order chi connectivity index (χ0) is 11.6.